The molecule has 3 aromatic rings. The van der Waals surface area contributed by atoms with Crippen molar-refractivity contribution in [1.29, 1.82) is 0 Å². The number of halogens is 2. The summed E-state index contributed by atoms with van der Waals surface area (Å²) >= 11 is 5.85. The molecule has 20 heavy (non-hydrogen) atoms. The largest absolute Gasteiger partial charge is 0.369 e. The van der Waals surface area contributed by atoms with Crippen molar-refractivity contribution in [3.63, 3.8) is 0 Å². The lowest BCUT2D eigenvalue weighted by Crippen LogP contribution is -2.00. The molecule has 2 aromatic carbocycles. The molecule has 1 aromatic heterocycles. The molecule has 0 fully saturated rings. The summed E-state index contributed by atoms with van der Waals surface area (Å²) < 4.78 is 15.2. The van der Waals surface area contributed by atoms with Crippen molar-refractivity contribution in [3.8, 4) is 5.69 Å². The maximum Gasteiger partial charge on any atom is 0.205 e. The van der Waals surface area contributed by atoms with Crippen LogP contribution in [0.2, 0.25) is 5.02 Å². The number of benzene rings is 2. The molecule has 0 aliphatic rings. The number of aryl methyl sites for hydroxylation is 1. The fraction of sp³-hybridized carbons (Fsp3) is 0.133. The second-order valence-corrected chi connectivity index (χ2v) is 4.99. The Morgan fingerprint density at radius 2 is 1.95 bits per heavy atom. The molecule has 0 bridgehead atoms. The van der Waals surface area contributed by atoms with Gasteiger partial charge in [-0.1, -0.05) is 30.7 Å². The number of hydrogen-bond acceptors (Lipinski definition) is 2. The summed E-state index contributed by atoms with van der Waals surface area (Å²) in [6.07, 6.45) is 0.970. The van der Waals surface area contributed by atoms with Gasteiger partial charge in [0.15, 0.2) is 0 Å². The Balaban J connectivity index is 2.23. The summed E-state index contributed by atoms with van der Waals surface area (Å²) in [5.41, 5.74) is 9.24. The zero-order valence-electron chi connectivity index (χ0n) is 10.9. The molecule has 3 rings (SSSR count). The van der Waals surface area contributed by atoms with Gasteiger partial charge < -0.3 is 5.73 Å². The third-order valence-electron chi connectivity index (χ3n) is 3.33. The van der Waals surface area contributed by atoms with Crippen LogP contribution in [-0.2, 0) is 6.42 Å². The molecule has 0 spiro atoms. The van der Waals surface area contributed by atoms with Crippen LogP contribution in [0.25, 0.3) is 16.7 Å². The number of rotatable bonds is 2. The van der Waals surface area contributed by atoms with Crippen LogP contribution in [0.5, 0.6) is 0 Å². The summed E-state index contributed by atoms with van der Waals surface area (Å²) in [6, 6.07) is 10.8. The first-order valence-corrected chi connectivity index (χ1v) is 6.70. The molecule has 0 radical (unpaired) electrons. The van der Waals surface area contributed by atoms with Gasteiger partial charge in [0.25, 0.3) is 0 Å². The number of nitrogens with zero attached hydrogens (tertiary/aromatic N) is 2. The van der Waals surface area contributed by atoms with Crippen molar-refractivity contribution in [1.82, 2.24) is 9.55 Å². The highest BCUT2D eigenvalue weighted by Gasteiger charge is 2.13. The molecule has 2 N–H and O–H groups in total. The number of nitrogens with two attached hydrogens (primary N) is 1. The van der Waals surface area contributed by atoms with Gasteiger partial charge in [-0.15, -0.1) is 0 Å². The van der Waals surface area contributed by atoms with E-state index in [1.54, 1.807) is 10.6 Å². The summed E-state index contributed by atoms with van der Waals surface area (Å²) in [4.78, 5) is 4.18. The molecule has 1 heterocycles. The van der Waals surface area contributed by atoms with Crippen LogP contribution >= 0.6 is 11.6 Å². The molecule has 0 saturated carbocycles. The minimum absolute atomic E-state index is 0.0591. The topological polar surface area (TPSA) is 43.8 Å². The van der Waals surface area contributed by atoms with E-state index in [0.717, 1.165) is 12.1 Å². The van der Waals surface area contributed by atoms with E-state index in [1.807, 2.05) is 24.3 Å². The smallest absolute Gasteiger partial charge is 0.205 e. The molecule has 0 amide bonds. The van der Waals surface area contributed by atoms with Gasteiger partial charge in [-0.2, -0.15) is 0 Å². The Bertz CT molecular complexity index is 778. The molecule has 0 saturated heterocycles. The van der Waals surface area contributed by atoms with Crippen molar-refractivity contribution in [3.05, 3.63) is 52.8 Å². The lowest BCUT2D eigenvalue weighted by Gasteiger charge is -2.07. The number of imidazole rings is 1. The zero-order valence-corrected chi connectivity index (χ0v) is 11.7. The Morgan fingerprint density at radius 1 is 1.25 bits per heavy atom. The Hall–Kier alpha value is -2.07. The predicted molar refractivity (Wildman–Crippen MR) is 79.8 cm³/mol. The van der Waals surface area contributed by atoms with E-state index in [1.165, 1.54) is 11.6 Å². The minimum atomic E-state index is -0.495. The number of nitrogen functional groups attached to an aromatic ring is 1. The maximum absolute atomic E-state index is 13.5. The Labute approximate surface area is 120 Å². The summed E-state index contributed by atoms with van der Waals surface area (Å²) in [5.74, 6) is -0.184. The van der Waals surface area contributed by atoms with Crippen molar-refractivity contribution in [2.75, 3.05) is 5.73 Å². The fourth-order valence-corrected chi connectivity index (χ4v) is 2.40. The summed E-state index contributed by atoms with van der Waals surface area (Å²) in [5, 5.41) is 0.0591. The van der Waals surface area contributed by atoms with E-state index in [4.69, 9.17) is 17.3 Å². The first kappa shape index (κ1) is 12.9. The predicted octanol–water partition coefficient (Wildman–Crippen LogP) is 3.96. The highest BCUT2D eigenvalue weighted by molar-refractivity contribution is 6.31. The van der Waals surface area contributed by atoms with Crippen molar-refractivity contribution < 1.29 is 4.39 Å². The van der Waals surface area contributed by atoms with E-state index in [2.05, 4.69) is 11.9 Å². The normalized spacial score (nSPS) is 11.2. The van der Waals surface area contributed by atoms with Crippen LogP contribution in [0.1, 0.15) is 12.5 Å². The standard InChI is InChI=1S/C15H13ClFN3/c1-2-9-3-5-10(6-4-9)20-14-7-11(16)12(17)8-13(14)19-15(20)18/h3-8H,2H2,1H3,(H2,18,19). The third-order valence-corrected chi connectivity index (χ3v) is 3.61. The molecule has 102 valence electrons. The van der Waals surface area contributed by atoms with Crippen LogP contribution in [0.4, 0.5) is 10.3 Å². The van der Waals surface area contributed by atoms with Gasteiger partial charge in [-0.25, -0.2) is 9.37 Å². The first-order valence-electron chi connectivity index (χ1n) is 6.32. The molecular formula is C15H13ClFN3. The molecule has 0 unspecified atom stereocenters. The van der Waals surface area contributed by atoms with Gasteiger partial charge in [-0.3, -0.25) is 4.57 Å². The maximum atomic E-state index is 13.5. The van der Waals surface area contributed by atoms with Gasteiger partial charge in [0.2, 0.25) is 5.95 Å². The first-order chi connectivity index (χ1) is 9.60. The van der Waals surface area contributed by atoms with Gasteiger partial charge in [0, 0.05) is 11.8 Å². The summed E-state index contributed by atoms with van der Waals surface area (Å²) in [7, 11) is 0. The molecular weight excluding hydrogens is 277 g/mol. The quantitative estimate of drug-likeness (QED) is 0.776. The fourth-order valence-electron chi connectivity index (χ4n) is 2.24. The summed E-state index contributed by atoms with van der Waals surface area (Å²) in [6.45, 7) is 2.10. The van der Waals surface area contributed by atoms with Crippen molar-refractivity contribution in [2.45, 2.75) is 13.3 Å². The molecule has 0 aliphatic carbocycles. The van der Waals surface area contributed by atoms with Crippen LogP contribution in [0, 0.1) is 5.82 Å². The van der Waals surface area contributed by atoms with Crippen molar-refractivity contribution >= 4 is 28.6 Å². The van der Waals surface area contributed by atoms with Gasteiger partial charge in [0.1, 0.15) is 5.82 Å². The molecule has 5 heteroatoms. The third kappa shape index (κ3) is 2.02. The number of aromatic nitrogens is 2. The minimum Gasteiger partial charge on any atom is -0.369 e. The van der Waals surface area contributed by atoms with E-state index in [9.17, 15) is 4.39 Å². The Morgan fingerprint density at radius 3 is 2.60 bits per heavy atom. The van der Waals surface area contributed by atoms with Gasteiger partial charge >= 0.3 is 0 Å². The van der Waals surface area contributed by atoms with E-state index in [0.29, 0.717) is 17.0 Å². The lowest BCUT2D eigenvalue weighted by molar-refractivity contribution is 0.630. The van der Waals surface area contributed by atoms with E-state index < -0.39 is 5.82 Å². The molecule has 3 nitrogen and oxygen atoms in total. The van der Waals surface area contributed by atoms with E-state index in [-0.39, 0.29) is 5.02 Å². The van der Waals surface area contributed by atoms with Crippen LogP contribution < -0.4 is 5.73 Å². The van der Waals surface area contributed by atoms with Gasteiger partial charge in [-0.05, 0) is 30.2 Å². The van der Waals surface area contributed by atoms with Crippen LogP contribution in [0.3, 0.4) is 0 Å². The highest BCUT2D eigenvalue weighted by atomic mass is 35.5. The Kier molecular flexibility index (Phi) is 3.10. The highest BCUT2D eigenvalue weighted by Crippen LogP contribution is 2.27. The van der Waals surface area contributed by atoms with Crippen LogP contribution in [0.15, 0.2) is 36.4 Å². The van der Waals surface area contributed by atoms with E-state index >= 15 is 0 Å². The lowest BCUT2D eigenvalue weighted by atomic mass is 10.1. The monoisotopic (exact) mass is 289 g/mol. The SMILES string of the molecule is CCc1ccc(-n2c(N)nc3cc(F)c(Cl)cc32)cc1. The number of hydrogen-bond donors (Lipinski definition) is 1. The number of anilines is 1. The van der Waals surface area contributed by atoms with Crippen LogP contribution in [-0.4, -0.2) is 9.55 Å². The second kappa shape index (κ2) is 4.80. The number of fused-ring (bicyclic) bond motifs is 1. The average molecular weight is 290 g/mol. The van der Waals surface area contributed by atoms with Gasteiger partial charge in [0.05, 0.1) is 16.1 Å². The molecule has 0 atom stereocenters. The zero-order chi connectivity index (χ0) is 14.3. The second-order valence-electron chi connectivity index (χ2n) is 4.58. The average Bonchev–Trinajstić information content (AvgIpc) is 2.75. The molecule has 0 aliphatic heterocycles. The van der Waals surface area contributed by atoms with Crippen molar-refractivity contribution in [2.24, 2.45) is 0 Å².